The van der Waals surface area contributed by atoms with E-state index in [1.54, 1.807) is 0 Å². The third-order valence-corrected chi connectivity index (χ3v) is 4.40. The van der Waals surface area contributed by atoms with Gasteiger partial charge < -0.3 is 14.7 Å². The monoisotopic (exact) mass is 318 g/mol. The second kappa shape index (κ2) is 8.87. The van der Waals surface area contributed by atoms with E-state index >= 15 is 0 Å². The Hall–Kier alpha value is -1.62. The number of rotatable bonds is 7. The molecule has 128 valence electrons. The number of pyridine rings is 1. The molecule has 1 aromatic heterocycles. The summed E-state index contributed by atoms with van der Waals surface area (Å²) in [6.07, 6.45) is 3.63. The maximum atomic E-state index is 12.3. The topological polar surface area (TPSA) is 39.7 Å². The summed E-state index contributed by atoms with van der Waals surface area (Å²) in [5.41, 5.74) is 0. The van der Waals surface area contributed by atoms with Crippen molar-refractivity contribution < 1.29 is 4.79 Å². The van der Waals surface area contributed by atoms with Crippen LogP contribution in [0.25, 0.3) is 0 Å². The standard InChI is InChI=1S/C18H30N4O/c1-16(2)7-10-20(3)11-8-18(23)22-14-12-21(13-15-22)17-6-4-5-9-19-17/h4-6,9,16H,7-8,10-15H2,1-3H3. The molecule has 0 bridgehead atoms. The van der Waals surface area contributed by atoms with Crippen LogP contribution in [-0.2, 0) is 4.79 Å². The predicted molar refractivity (Wildman–Crippen MR) is 94.6 cm³/mol. The van der Waals surface area contributed by atoms with Crippen LogP contribution in [0.2, 0.25) is 0 Å². The maximum absolute atomic E-state index is 12.3. The average Bonchev–Trinajstić information content (AvgIpc) is 2.58. The fraction of sp³-hybridized carbons (Fsp3) is 0.667. The summed E-state index contributed by atoms with van der Waals surface area (Å²) in [5.74, 6) is 2.00. The number of nitrogens with zero attached hydrogens (tertiary/aromatic N) is 4. The van der Waals surface area contributed by atoms with Gasteiger partial charge in [0.1, 0.15) is 5.82 Å². The number of hydrogen-bond acceptors (Lipinski definition) is 4. The molecule has 0 unspecified atom stereocenters. The molecule has 5 heteroatoms. The number of anilines is 1. The number of carbonyl (C=O) groups excluding carboxylic acids is 1. The Morgan fingerprint density at radius 3 is 2.57 bits per heavy atom. The largest absolute Gasteiger partial charge is 0.353 e. The second-order valence-electron chi connectivity index (χ2n) is 6.79. The molecule has 0 spiro atoms. The zero-order valence-corrected chi connectivity index (χ0v) is 14.7. The minimum atomic E-state index is 0.280. The van der Waals surface area contributed by atoms with Crippen molar-refractivity contribution in [3.8, 4) is 0 Å². The van der Waals surface area contributed by atoms with E-state index in [-0.39, 0.29) is 5.91 Å². The van der Waals surface area contributed by atoms with Crippen molar-refractivity contribution in [2.24, 2.45) is 5.92 Å². The van der Waals surface area contributed by atoms with E-state index in [4.69, 9.17) is 0 Å². The normalized spacial score (nSPS) is 15.5. The van der Waals surface area contributed by atoms with Crippen LogP contribution in [0.1, 0.15) is 26.7 Å². The quantitative estimate of drug-likeness (QED) is 0.772. The fourth-order valence-electron chi connectivity index (χ4n) is 2.76. The summed E-state index contributed by atoms with van der Waals surface area (Å²) in [6, 6.07) is 5.97. The number of amides is 1. The number of hydrogen-bond donors (Lipinski definition) is 0. The molecule has 1 aromatic rings. The molecular formula is C18H30N4O. The Morgan fingerprint density at radius 2 is 1.96 bits per heavy atom. The summed E-state index contributed by atoms with van der Waals surface area (Å²) in [5, 5.41) is 0. The van der Waals surface area contributed by atoms with E-state index < -0.39 is 0 Å². The van der Waals surface area contributed by atoms with Gasteiger partial charge in [-0.2, -0.15) is 0 Å². The third-order valence-electron chi connectivity index (χ3n) is 4.40. The van der Waals surface area contributed by atoms with Crippen LogP contribution in [-0.4, -0.2) is 67.0 Å². The van der Waals surface area contributed by atoms with E-state index in [1.165, 1.54) is 6.42 Å². The van der Waals surface area contributed by atoms with Gasteiger partial charge >= 0.3 is 0 Å². The highest BCUT2D eigenvalue weighted by atomic mass is 16.2. The predicted octanol–water partition coefficient (Wildman–Crippen LogP) is 2.10. The van der Waals surface area contributed by atoms with E-state index in [9.17, 15) is 4.79 Å². The van der Waals surface area contributed by atoms with Gasteiger partial charge in [0.25, 0.3) is 0 Å². The van der Waals surface area contributed by atoms with Crippen molar-refractivity contribution in [2.75, 3.05) is 51.2 Å². The van der Waals surface area contributed by atoms with E-state index in [2.05, 4.69) is 35.7 Å². The molecule has 5 nitrogen and oxygen atoms in total. The van der Waals surface area contributed by atoms with E-state index in [0.29, 0.717) is 12.3 Å². The molecule has 1 aliphatic heterocycles. The zero-order chi connectivity index (χ0) is 16.7. The lowest BCUT2D eigenvalue weighted by atomic mass is 10.1. The summed E-state index contributed by atoms with van der Waals surface area (Å²) in [6.45, 7) is 9.72. The molecule has 0 radical (unpaired) electrons. The van der Waals surface area contributed by atoms with Crippen LogP contribution >= 0.6 is 0 Å². The Morgan fingerprint density at radius 1 is 1.22 bits per heavy atom. The molecule has 23 heavy (non-hydrogen) atoms. The van der Waals surface area contributed by atoms with Crippen LogP contribution in [0.5, 0.6) is 0 Å². The second-order valence-corrected chi connectivity index (χ2v) is 6.79. The SMILES string of the molecule is CC(C)CCN(C)CCC(=O)N1CCN(c2ccccn2)CC1. The molecule has 0 atom stereocenters. The molecular weight excluding hydrogens is 288 g/mol. The molecule has 1 fully saturated rings. The first-order valence-electron chi connectivity index (χ1n) is 8.68. The van der Waals surface area contributed by atoms with Crippen molar-refractivity contribution in [3.63, 3.8) is 0 Å². The molecule has 0 aromatic carbocycles. The van der Waals surface area contributed by atoms with Crippen molar-refractivity contribution >= 4 is 11.7 Å². The molecule has 1 amide bonds. The molecule has 0 N–H and O–H groups in total. The first kappa shape index (κ1) is 17.7. The van der Waals surface area contributed by atoms with Crippen LogP contribution in [0.4, 0.5) is 5.82 Å². The molecule has 2 rings (SSSR count). The molecule has 1 aliphatic rings. The number of carbonyl (C=O) groups is 1. The molecule has 0 saturated carbocycles. The van der Waals surface area contributed by atoms with Gasteiger partial charge in [-0.3, -0.25) is 4.79 Å². The van der Waals surface area contributed by atoms with E-state index in [1.807, 2.05) is 29.3 Å². The Bertz CT molecular complexity index is 469. The maximum Gasteiger partial charge on any atom is 0.223 e. The van der Waals surface area contributed by atoms with E-state index in [0.717, 1.165) is 45.1 Å². The highest BCUT2D eigenvalue weighted by Crippen LogP contribution is 2.13. The first-order valence-corrected chi connectivity index (χ1v) is 8.68. The molecule has 1 saturated heterocycles. The zero-order valence-electron chi connectivity index (χ0n) is 14.7. The Balaban J connectivity index is 1.69. The first-order chi connectivity index (χ1) is 11.1. The summed E-state index contributed by atoms with van der Waals surface area (Å²) in [7, 11) is 2.11. The van der Waals surface area contributed by atoms with Crippen molar-refractivity contribution in [1.29, 1.82) is 0 Å². The lowest BCUT2D eigenvalue weighted by Crippen LogP contribution is -2.49. The minimum absolute atomic E-state index is 0.280. The van der Waals surface area contributed by atoms with Crippen LogP contribution in [0, 0.1) is 5.92 Å². The van der Waals surface area contributed by atoms with Gasteiger partial charge in [-0.15, -0.1) is 0 Å². The van der Waals surface area contributed by atoms with Crippen LogP contribution in [0.15, 0.2) is 24.4 Å². The van der Waals surface area contributed by atoms with Crippen molar-refractivity contribution in [2.45, 2.75) is 26.7 Å². The highest BCUT2D eigenvalue weighted by molar-refractivity contribution is 5.76. The lowest BCUT2D eigenvalue weighted by Gasteiger charge is -2.35. The third kappa shape index (κ3) is 5.82. The van der Waals surface area contributed by atoms with Crippen LogP contribution in [0.3, 0.4) is 0 Å². The average molecular weight is 318 g/mol. The van der Waals surface area contributed by atoms with Gasteiger partial charge in [0.05, 0.1) is 0 Å². The van der Waals surface area contributed by atoms with Gasteiger partial charge in [0.2, 0.25) is 5.91 Å². The Kier molecular flexibility index (Phi) is 6.84. The van der Waals surface area contributed by atoms with Crippen LogP contribution < -0.4 is 4.90 Å². The van der Waals surface area contributed by atoms with Gasteiger partial charge in [-0.05, 0) is 38.1 Å². The lowest BCUT2D eigenvalue weighted by molar-refractivity contribution is -0.131. The molecule has 2 heterocycles. The molecule has 0 aliphatic carbocycles. The summed E-state index contributed by atoms with van der Waals surface area (Å²) >= 11 is 0. The van der Waals surface area contributed by atoms with Gasteiger partial charge in [-0.25, -0.2) is 4.98 Å². The fourth-order valence-corrected chi connectivity index (χ4v) is 2.76. The minimum Gasteiger partial charge on any atom is -0.353 e. The smallest absolute Gasteiger partial charge is 0.223 e. The number of aromatic nitrogens is 1. The van der Waals surface area contributed by atoms with Gasteiger partial charge in [0, 0.05) is 45.3 Å². The summed E-state index contributed by atoms with van der Waals surface area (Å²) < 4.78 is 0. The Labute approximate surface area is 140 Å². The van der Waals surface area contributed by atoms with Crippen molar-refractivity contribution in [3.05, 3.63) is 24.4 Å². The highest BCUT2D eigenvalue weighted by Gasteiger charge is 2.21. The van der Waals surface area contributed by atoms with Gasteiger partial charge in [-0.1, -0.05) is 19.9 Å². The van der Waals surface area contributed by atoms with Crippen molar-refractivity contribution in [1.82, 2.24) is 14.8 Å². The number of piperazine rings is 1. The summed E-state index contributed by atoms with van der Waals surface area (Å²) in [4.78, 5) is 23.2. The van der Waals surface area contributed by atoms with Gasteiger partial charge in [0.15, 0.2) is 0 Å².